The monoisotopic (exact) mass is 425 g/mol. The summed E-state index contributed by atoms with van der Waals surface area (Å²) in [4.78, 5) is 23.3. The van der Waals surface area contributed by atoms with Crippen molar-refractivity contribution in [3.05, 3.63) is 65.5 Å². The summed E-state index contributed by atoms with van der Waals surface area (Å²) in [5, 5.41) is 22.8. The zero-order valence-electron chi connectivity index (χ0n) is 17.2. The molecule has 0 fully saturated rings. The van der Waals surface area contributed by atoms with Gasteiger partial charge in [-0.3, -0.25) is 0 Å². The van der Waals surface area contributed by atoms with Crippen LogP contribution in [0, 0.1) is 0 Å². The molecule has 1 unspecified atom stereocenters. The summed E-state index contributed by atoms with van der Waals surface area (Å²) in [5.41, 5.74) is 1.97. The summed E-state index contributed by atoms with van der Waals surface area (Å²) in [7, 11) is 1.24. The number of benzene rings is 2. The van der Waals surface area contributed by atoms with E-state index in [1.807, 2.05) is 25.1 Å². The molecule has 3 rings (SSSR count). The number of hydrogen-bond acceptors (Lipinski definition) is 7. The van der Waals surface area contributed by atoms with Crippen LogP contribution in [0.15, 0.2) is 53.3 Å². The Hall–Kier alpha value is -3.81. The van der Waals surface area contributed by atoms with E-state index in [-0.39, 0.29) is 28.9 Å². The Labute approximate surface area is 179 Å². The summed E-state index contributed by atoms with van der Waals surface area (Å²) in [6.45, 7) is 1.97. The van der Waals surface area contributed by atoms with Gasteiger partial charge in [-0.2, -0.15) is 0 Å². The number of methoxy groups -OCH3 is 1. The lowest BCUT2D eigenvalue weighted by atomic mass is 9.99. The van der Waals surface area contributed by atoms with Gasteiger partial charge in [0, 0.05) is 0 Å². The number of aromatic nitrogens is 1. The Kier molecular flexibility index (Phi) is 6.92. The summed E-state index contributed by atoms with van der Waals surface area (Å²) < 4.78 is 15.6. The van der Waals surface area contributed by atoms with E-state index >= 15 is 0 Å². The summed E-state index contributed by atoms with van der Waals surface area (Å²) in [6, 6.07) is 12.1. The summed E-state index contributed by atoms with van der Waals surface area (Å²) in [5.74, 6) is -1.75. The van der Waals surface area contributed by atoms with Crippen molar-refractivity contribution in [3.63, 3.8) is 0 Å². The third kappa shape index (κ3) is 5.03. The normalized spacial score (nSPS) is 11.7. The average molecular weight is 425 g/mol. The van der Waals surface area contributed by atoms with Gasteiger partial charge in [0.25, 0.3) is 0 Å². The lowest BCUT2D eigenvalue weighted by Crippen LogP contribution is -2.18. The maximum atomic E-state index is 12.0. The van der Waals surface area contributed by atoms with Crippen LogP contribution < -0.4 is 4.74 Å². The number of esters is 1. The van der Waals surface area contributed by atoms with Crippen LogP contribution in [-0.2, 0) is 11.2 Å². The average Bonchev–Trinajstić information content (AvgIpc) is 3.27. The van der Waals surface area contributed by atoms with Gasteiger partial charge in [0.15, 0.2) is 5.69 Å². The first-order valence-electron chi connectivity index (χ1n) is 9.78. The molecule has 3 aromatic rings. The van der Waals surface area contributed by atoms with Gasteiger partial charge in [-0.05, 0) is 42.5 Å². The number of carbonyl (C=O) groups is 2. The molecule has 2 aromatic carbocycles. The van der Waals surface area contributed by atoms with Gasteiger partial charge >= 0.3 is 11.9 Å². The first-order chi connectivity index (χ1) is 14.9. The van der Waals surface area contributed by atoms with Crippen LogP contribution in [0.2, 0.25) is 0 Å². The molecule has 0 aliphatic carbocycles. The fourth-order valence-electron chi connectivity index (χ4n) is 3.27. The first kappa shape index (κ1) is 21.9. The fraction of sp³-hybridized carbons (Fsp3) is 0.261. The van der Waals surface area contributed by atoms with Gasteiger partial charge in [-0.15, -0.1) is 0 Å². The SMILES string of the molecule is CCC(CCc1cccc(-c2conc2C(=O)O)c1)Oc1cccc(O)c1C(=O)OC. The Morgan fingerprint density at radius 2 is 1.97 bits per heavy atom. The molecule has 0 bridgehead atoms. The molecule has 2 N–H and O–H groups in total. The van der Waals surface area contributed by atoms with Crippen LogP contribution in [-0.4, -0.2) is 40.5 Å². The minimum Gasteiger partial charge on any atom is -0.507 e. The van der Waals surface area contributed by atoms with E-state index in [1.165, 1.54) is 19.4 Å². The Morgan fingerprint density at radius 3 is 2.68 bits per heavy atom. The number of rotatable bonds is 9. The topological polar surface area (TPSA) is 119 Å². The predicted molar refractivity (Wildman–Crippen MR) is 111 cm³/mol. The molecule has 31 heavy (non-hydrogen) atoms. The lowest BCUT2D eigenvalue weighted by molar-refractivity contribution is 0.0587. The van der Waals surface area contributed by atoms with Crippen LogP contribution in [0.5, 0.6) is 11.5 Å². The Bertz CT molecular complexity index is 1070. The van der Waals surface area contributed by atoms with Crippen LogP contribution in [0.3, 0.4) is 0 Å². The maximum absolute atomic E-state index is 12.0. The molecule has 0 aliphatic heterocycles. The molecule has 1 atom stereocenters. The van der Waals surface area contributed by atoms with Crippen molar-refractivity contribution in [1.82, 2.24) is 5.16 Å². The van der Waals surface area contributed by atoms with Crippen molar-refractivity contribution in [2.24, 2.45) is 0 Å². The number of phenolic OH excluding ortho intramolecular Hbond substituents is 1. The maximum Gasteiger partial charge on any atom is 0.358 e. The van der Waals surface area contributed by atoms with Crippen molar-refractivity contribution in [2.45, 2.75) is 32.3 Å². The number of hydrogen-bond donors (Lipinski definition) is 2. The molecule has 8 nitrogen and oxygen atoms in total. The van der Waals surface area contributed by atoms with E-state index in [0.717, 1.165) is 5.56 Å². The third-order valence-electron chi connectivity index (χ3n) is 4.91. The number of carbonyl (C=O) groups excluding carboxylic acids is 1. The molecular weight excluding hydrogens is 402 g/mol. The number of aromatic carboxylic acids is 1. The van der Waals surface area contributed by atoms with Crippen LogP contribution in [0.1, 0.15) is 46.2 Å². The van der Waals surface area contributed by atoms with Crippen molar-refractivity contribution in [2.75, 3.05) is 7.11 Å². The molecule has 0 radical (unpaired) electrons. The smallest absolute Gasteiger partial charge is 0.358 e. The fourth-order valence-corrected chi connectivity index (χ4v) is 3.27. The number of phenols is 1. The summed E-state index contributed by atoms with van der Waals surface area (Å²) in [6.07, 6.45) is 3.10. The highest BCUT2D eigenvalue weighted by atomic mass is 16.5. The molecule has 0 aliphatic rings. The molecule has 0 spiro atoms. The molecule has 0 saturated carbocycles. The van der Waals surface area contributed by atoms with E-state index in [1.54, 1.807) is 18.2 Å². The van der Waals surface area contributed by atoms with Gasteiger partial charge in [0.05, 0.1) is 18.8 Å². The predicted octanol–water partition coefficient (Wildman–Crippen LogP) is 4.32. The molecule has 0 saturated heterocycles. The van der Waals surface area contributed by atoms with E-state index in [2.05, 4.69) is 5.16 Å². The zero-order chi connectivity index (χ0) is 22.4. The molecular formula is C23H23NO7. The quantitative estimate of drug-likeness (QED) is 0.487. The summed E-state index contributed by atoms with van der Waals surface area (Å²) >= 11 is 0. The lowest BCUT2D eigenvalue weighted by Gasteiger charge is -2.20. The highest BCUT2D eigenvalue weighted by Crippen LogP contribution is 2.30. The van der Waals surface area contributed by atoms with Crippen LogP contribution in [0.4, 0.5) is 0 Å². The van der Waals surface area contributed by atoms with Gasteiger partial charge in [0.1, 0.15) is 23.3 Å². The number of nitrogens with zero attached hydrogens (tertiary/aromatic N) is 1. The van der Waals surface area contributed by atoms with Crippen molar-refractivity contribution in [1.29, 1.82) is 0 Å². The Morgan fingerprint density at radius 1 is 1.19 bits per heavy atom. The second-order valence-electron chi connectivity index (χ2n) is 6.91. The number of ether oxygens (including phenoxy) is 2. The van der Waals surface area contributed by atoms with Crippen LogP contribution >= 0.6 is 0 Å². The van der Waals surface area contributed by atoms with E-state index in [4.69, 9.17) is 14.0 Å². The first-order valence-corrected chi connectivity index (χ1v) is 9.78. The van der Waals surface area contributed by atoms with Crippen molar-refractivity contribution < 1.29 is 33.8 Å². The minimum atomic E-state index is -1.15. The molecule has 8 heteroatoms. The van der Waals surface area contributed by atoms with Crippen LogP contribution in [0.25, 0.3) is 11.1 Å². The van der Waals surface area contributed by atoms with Crippen molar-refractivity contribution in [3.8, 4) is 22.6 Å². The number of aromatic hydroxyl groups is 1. The van der Waals surface area contributed by atoms with E-state index in [9.17, 15) is 19.8 Å². The molecule has 1 heterocycles. The minimum absolute atomic E-state index is 0.000829. The molecule has 1 aromatic heterocycles. The van der Waals surface area contributed by atoms with Gasteiger partial charge < -0.3 is 24.2 Å². The third-order valence-corrected chi connectivity index (χ3v) is 4.91. The van der Waals surface area contributed by atoms with E-state index in [0.29, 0.717) is 30.4 Å². The zero-order valence-corrected chi connectivity index (χ0v) is 17.2. The van der Waals surface area contributed by atoms with Gasteiger partial charge in [-0.1, -0.05) is 42.4 Å². The molecule has 0 amide bonds. The van der Waals surface area contributed by atoms with Crippen molar-refractivity contribution >= 4 is 11.9 Å². The van der Waals surface area contributed by atoms with Gasteiger partial charge in [0.2, 0.25) is 0 Å². The number of carboxylic acid groups (broad SMARTS) is 1. The highest BCUT2D eigenvalue weighted by molar-refractivity contribution is 5.95. The standard InChI is InChI=1S/C23H23NO7/c1-3-16(31-19-9-5-8-18(25)20(19)23(28)29-2)11-10-14-6-4-7-15(12-14)17-13-30-24-21(17)22(26)27/h4-9,12-13,16,25H,3,10-11H2,1-2H3,(H,26,27). The number of carboxylic acids is 1. The molecule has 162 valence electrons. The largest absolute Gasteiger partial charge is 0.507 e. The second-order valence-corrected chi connectivity index (χ2v) is 6.91. The number of aryl methyl sites for hydroxylation is 1. The van der Waals surface area contributed by atoms with E-state index < -0.39 is 11.9 Å². The Balaban J connectivity index is 1.74. The second kappa shape index (κ2) is 9.80. The van der Waals surface area contributed by atoms with Gasteiger partial charge in [-0.25, -0.2) is 9.59 Å². The highest BCUT2D eigenvalue weighted by Gasteiger charge is 2.21.